The zero-order valence-corrected chi connectivity index (χ0v) is 10.8. The number of hydrogen-bond acceptors (Lipinski definition) is 1. The zero-order valence-electron chi connectivity index (χ0n) is 10.1. The first kappa shape index (κ1) is 10.9. The summed E-state index contributed by atoms with van der Waals surface area (Å²) in [7, 11) is 0. The molecule has 0 spiro atoms. The van der Waals surface area contributed by atoms with Gasteiger partial charge in [0, 0.05) is 15.8 Å². The van der Waals surface area contributed by atoms with Crippen molar-refractivity contribution in [3.05, 3.63) is 40.9 Å². The lowest BCUT2D eigenvalue weighted by molar-refractivity contribution is 0.0869. The van der Waals surface area contributed by atoms with Gasteiger partial charge in [-0.05, 0) is 38.3 Å². The van der Waals surface area contributed by atoms with E-state index in [-0.39, 0.29) is 5.60 Å². The molecule has 1 aliphatic heterocycles. The van der Waals surface area contributed by atoms with E-state index >= 15 is 0 Å². The molecule has 0 fully saturated rings. The molecule has 0 saturated carbocycles. The van der Waals surface area contributed by atoms with Crippen molar-refractivity contribution in [1.29, 1.82) is 0 Å². The maximum Gasteiger partial charge on any atom is 0.131 e. The highest BCUT2D eigenvalue weighted by Crippen LogP contribution is 2.41. The third-order valence-electron chi connectivity index (χ3n) is 3.40. The molecule has 3 rings (SSSR count). The van der Waals surface area contributed by atoms with Crippen LogP contribution in [0.5, 0.6) is 5.75 Å². The van der Waals surface area contributed by atoms with Crippen molar-refractivity contribution >= 4 is 22.4 Å². The van der Waals surface area contributed by atoms with Gasteiger partial charge in [-0.15, -0.1) is 0 Å². The second-order valence-corrected chi connectivity index (χ2v) is 5.66. The van der Waals surface area contributed by atoms with Gasteiger partial charge in [0.25, 0.3) is 0 Å². The van der Waals surface area contributed by atoms with Crippen molar-refractivity contribution in [2.75, 3.05) is 0 Å². The van der Waals surface area contributed by atoms with Crippen LogP contribution in [0.15, 0.2) is 30.3 Å². The fraction of sp³-hybridized carbons (Fsp3) is 0.333. The Morgan fingerprint density at radius 3 is 2.65 bits per heavy atom. The van der Waals surface area contributed by atoms with Gasteiger partial charge in [-0.1, -0.05) is 35.9 Å². The number of benzene rings is 2. The molecular weight excluding hydrogens is 232 g/mol. The monoisotopic (exact) mass is 246 g/mol. The first-order chi connectivity index (χ1) is 8.07. The van der Waals surface area contributed by atoms with Crippen molar-refractivity contribution in [2.24, 2.45) is 0 Å². The van der Waals surface area contributed by atoms with Crippen LogP contribution in [0.3, 0.4) is 0 Å². The van der Waals surface area contributed by atoms with Crippen LogP contribution in [0.1, 0.15) is 25.8 Å². The van der Waals surface area contributed by atoms with E-state index in [4.69, 9.17) is 16.3 Å². The molecule has 1 aliphatic rings. The second-order valence-electron chi connectivity index (χ2n) is 5.25. The number of hydrogen-bond donors (Lipinski definition) is 0. The molecule has 0 bridgehead atoms. The number of ether oxygens (including phenoxy) is 1. The lowest BCUT2D eigenvalue weighted by Crippen LogP contribution is -2.32. The molecule has 0 N–H and O–H groups in total. The van der Waals surface area contributed by atoms with Crippen LogP contribution in [-0.2, 0) is 6.42 Å². The highest BCUT2D eigenvalue weighted by molar-refractivity contribution is 6.35. The highest BCUT2D eigenvalue weighted by Gasteiger charge is 2.28. The molecule has 0 aromatic heterocycles. The first-order valence-electron chi connectivity index (χ1n) is 5.96. The summed E-state index contributed by atoms with van der Waals surface area (Å²) in [6, 6.07) is 10.2. The minimum Gasteiger partial charge on any atom is -0.487 e. The predicted molar refractivity (Wildman–Crippen MR) is 72.0 cm³/mol. The standard InChI is InChI=1S/C15H15ClO/c1-15(2)8-7-10-9-13(16)11-5-3-4-6-12(11)14(10)17-15/h3-6,9H,7-8H2,1-2H3. The van der Waals surface area contributed by atoms with Crippen LogP contribution < -0.4 is 4.74 Å². The van der Waals surface area contributed by atoms with Gasteiger partial charge in [-0.2, -0.15) is 0 Å². The Balaban J connectivity index is 2.30. The summed E-state index contributed by atoms with van der Waals surface area (Å²) in [6.45, 7) is 4.28. The minimum atomic E-state index is -0.0798. The van der Waals surface area contributed by atoms with E-state index in [0.717, 1.165) is 34.4 Å². The second kappa shape index (κ2) is 3.64. The van der Waals surface area contributed by atoms with Gasteiger partial charge in [0.1, 0.15) is 11.4 Å². The molecule has 0 amide bonds. The molecular formula is C15H15ClO. The highest BCUT2D eigenvalue weighted by atomic mass is 35.5. The summed E-state index contributed by atoms with van der Waals surface area (Å²) in [5, 5.41) is 3.02. The van der Waals surface area contributed by atoms with Gasteiger partial charge in [0.05, 0.1) is 0 Å². The molecule has 17 heavy (non-hydrogen) atoms. The molecule has 1 heterocycles. The topological polar surface area (TPSA) is 9.23 Å². The summed E-state index contributed by atoms with van der Waals surface area (Å²) in [5.41, 5.74) is 1.15. The molecule has 2 aromatic rings. The molecule has 0 atom stereocenters. The molecule has 0 saturated heterocycles. The molecule has 0 unspecified atom stereocenters. The normalized spacial score (nSPS) is 17.6. The Morgan fingerprint density at radius 2 is 1.88 bits per heavy atom. The number of fused-ring (bicyclic) bond motifs is 3. The average molecular weight is 247 g/mol. The van der Waals surface area contributed by atoms with Crippen molar-refractivity contribution in [1.82, 2.24) is 0 Å². The summed E-state index contributed by atoms with van der Waals surface area (Å²) in [5.74, 6) is 1.02. The predicted octanol–water partition coefficient (Wildman–Crippen LogP) is 4.60. The van der Waals surface area contributed by atoms with Crippen molar-refractivity contribution in [3.63, 3.8) is 0 Å². The van der Waals surface area contributed by atoms with Gasteiger partial charge < -0.3 is 4.74 Å². The van der Waals surface area contributed by atoms with Crippen LogP contribution in [-0.4, -0.2) is 5.60 Å². The fourth-order valence-corrected chi connectivity index (χ4v) is 2.72. The van der Waals surface area contributed by atoms with Gasteiger partial charge in [-0.3, -0.25) is 0 Å². The van der Waals surface area contributed by atoms with E-state index in [1.807, 2.05) is 18.2 Å². The van der Waals surface area contributed by atoms with Gasteiger partial charge >= 0.3 is 0 Å². The largest absolute Gasteiger partial charge is 0.487 e. The maximum absolute atomic E-state index is 6.31. The molecule has 2 heteroatoms. The van der Waals surface area contributed by atoms with Gasteiger partial charge in [-0.25, -0.2) is 0 Å². The Labute approximate surface area is 106 Å². The molecule has 2 aromatic carbocycles. The smallest absolute Gasteiger partial charge is 0.131 e. The van der Waals surface area contributed by atoms with Gasteiger partial charge in [0.15, 0.2) is 0 Å². The van der Waals surface area contributed by atoms with E-state index in [1.54, 1.807) is 0 Å². The summed E-state index contributed by atoms with van der Waals surface area (Å²) >= 11 is 6.31. The van der Waals surface area contributed by atoms with E-state index in [2.05, 4.69) is 26.0 Å². The Morgan fingerprint density at radius 1 is 1.18 bits per heavy atom. The van der Waals surface area contributed by atoms with Crippen molar-refractivity contribution in [2.45, 2.75) is 32.3 Å². The fourth-order valence-electron chi connectivity index (χ4n) is 2.43. The number of aryl methyl sites for hydroxylation is 1. The van der Waals surface area contributed by atoms with E-state index < -0.39 is 0 Å². The number of rotatable bonds is 0. The summed E-state index contributed by atoms with van der Waals surface area (Å²) < 4.78 is 6.13. The molecule has 1 nitrogen and oxygen atoms in total. The van der Waals surface area contributed by atoms with Crippen molar-refractivity contribution < 1.29 is 4.74 Å². The van der Waals surface area contributed by atoms with Crippen LogP contribution >= 0.6 is 11.6 Å². The van der Waals surface area contributed by atoms with Crippen LogP contribution in [0.2, 0.25) is 5.02 Å². The van der Waals surface area contributed by atoms with E-state index in [1.165, 1.54) is 5.56 Å². The van der Waals surface area contributed by atoms with Crippen LogP contribution in [0.25, 0.3) is 10.8 Å². The zero-order chi connectivity index (χ0) is 12.0. The Kier molecular flexibility index (Phi) is 2.34. The Bertz CT molecular complexity index is 587. The Hall–Kier alpha value is -1.21. The minimum absolute atomic E-state index is 0.0798. The van der Waals surface area contributed by atoms with Crippen LogP contribution in [0.4, 0.5) is 0 Å². The third kappa shape index (κ3) is 1.79. The third-order valence-corrected chi connectivity index (χ3v) is 3.71. The lowest BCUT2D eigenvalue weighted by atomic mass is 9.92. The molecule has 0 aliphatic carbocycles. The quantitative estimate of drug-likeness (QED) is 0.660. The van der Waals surface area contributed by atoms with Crippen molar-refractivity contribution in [3.8, 4) is 5.75 Å². The SMILES string of the molecule is CC1(C)CCc2cc(Cl)c3ccccc3c2O1. The summed E-state index contributed by atoms with van der Waals surface area (Å²) in [6.07, 6.45) is 2.07. The van der Waals surface area contributed by atoms with E-state index in [0.29, 0.717) is 0 Å². The maximum atomic E-state index is 6.31. The number of halogens is 1. The van der Waals surface area contributed by atoms with E-state index in [9.17, 15) is 0 Å². The van der Waals surface area contributed by atoms with Gasteiger partial charge in [0.2, 0.25) is 0 Å². The average Bonchev–Trinajstić information content (AvgIpc) is 2.30. The van der Waals surface area contributed by atoms with Crippen LogP contribution in [0, 0.1) is 0 Å². The summed E-state index contributed by atoms with van der Waals surface area (Å²) in [4.78, 5) is 0. The first-order valence-corrected chi connectivity index (χ1v) is 6.34. The molecule has 88 valence electrons. The molecule has 0 radical (unpaired) electrons. The lowest BCUT2D eigenvalue weighted by Gasteiger charge is -2.33.